The minimum absolute atomic E-state index is 0.251. The first kappa shape index (κ1) is 13.6. The van der Waals surface area contributed by atoms with Crippen LogP contribution in [0.1, 0.15) is 49.4 Å². The summed E-state index contributed by atoms with van der Waals surface area (Å²) in [5.74, 6) is 2.45. The quantitative estimate of drug-likeness (QED) is 0.643. The Labute approximate surface area is 113 Å². The molecule has 5 N–H and O–H groups in total. The number of primary amides is 1. The molecule has 2 rings (SSSR count). The number of hydrogen-bond donors (Lipinski definition) is 3. The molecule has 1 amide bonds. The SMILES string of the molecule is Cc1c(N)nc(C2CC2)nc1NCCCCC(N)=O. The van der Waals surface area contributed by atoms with Crippen molar-refractivity contribution in [2.45, 2.75) is 44.9 Å². The smallest absolute Gasteiger partial charge is 0.217 e. The molecule has 1 fully saturated rings. The molecule has 1 aromatic rings. The third-order valence-electron chi connectivity index (χ3n) is 3.29. The maximum atomic E-state index is 10.6. The van der Waals surface area contributed by atoms with Crippen LogP contribution >= 0.6 is 0 Å². The van der Waals surface area contributed by atoms with E-state index in [1.54, 1.807) is 0 Å². The predicted octanol–water partition coefficient (Wildman–Crippen LogP) is 1.31. The average Bonchev–Trinajstić information content (AvgIpc) is 3.17. The number of carbonyl (C=O) groups excluding carboxylic acids is 1. The molecule has 0 unspecified atom stereocenters. The van der Waals surface area contributed by atoms with Crippen LogP contribution in [0.5, 0.6) is 0 Å². The fourth-order valence-electron chi connectivity index (χ4n) is 1.88. The first-order chi connectivity index (χ1) is 9.08. The van der Waals surface area contributed by atoms with Gasteiger partial charge in [0.1, 0.15) is 17.5 Å². The zero-order valence-corrected chi connectivity index (χ0v) is 11.3. The van der Waals surface area contributed by atoms with E-state index >= 15 is 0 Å². The number of nitrogens with two attached hydrogens (primary N) is 2. The zero-order valence-electron chi connectivity index (χ0n) is 11.3. The number of aromatic nitrogens is 2. The van der Waals surface area contributed by atoms with Gasteiger partial charge in [0.15, 0.2) is 0 Å². The molecule has 1 aliphatic carbocycles. The number of amides is 1. The molecule has 0 aromatic carbocycles. The van der Waals surface area contributed by atoms with Crippen LogP contribution < -0.4 is 16.8 Å². The lowest BCUT2D eigenvalue weighted by atomic mass is 10.2. The van der Waals surface area contributed by atoms with Crippen LogP contribution in [0.2, 0.25) is 0 Å². The minimum atomic E-state index is -0.251. The molecule has 6 heteroatoms. The monoisotopic (exact) mass is 263 g/mol. The van der Waals surface area contributed by atoms with Crippen molar-refractivity contribution in [2.24, 2.45) is 5.73 Å². The summed E-state index contributed by atoms with van der Waals surface area (Å²) in [7, 11) is 0. The fourth-order valence-corrected chi connectivity index (χ4v) is 1.88. The van der Waals surface area contributed by atoms with E-state index in [0.717, 1.165) is 49.4 Å². The summed E-state index contributed by atoms with van der Waals surface area (Å²) in [6.45, 7) is 2.67. The van der Waals surface area contributed by atoms with E-state index in [4.69, 9.17) is 11.5 Å². The number of carbonyl (C=O) groups is 1. The highest BCUT2D eigenvalue weighted by atomic mass is 16.1. The molecule has 0 saturated heterocycles. The Kier molecular flexibility index (Phi) is 4.19. The number of hydrogen-bond acceptors (Lipinski definition) is 5. The van der Waals surface area contributed by atoms with Crippen molar-refractivity contribution >= 4 is 17.5 Å². The van der Waals surface area contributed by atoms with Gasteiger partial charge in [0.05, 0.1) is 0 Å². The highest BCUT2D eigenvalue weighted by molar-refractivity contribution is 5.73. The summed E-state index contributed by atoms with van der Waals surface area (Å²) in [5, 5.41) is 3.27. The standard InChI is InChI=1S/C13H21N5O/c1-8-11(15)17-13(9-5-6-9)18-12(8)16-7-3-2-4-10(14)19/h9H,2-7H2,1H3,(H2,14,19)(H3,15,16,17,18). The van der Waals surface area contributed by atoms with Crippen LogP contribution in [-0.4, -0.2) is 22.4 Å². The number of unbranched alkanes of at least 4 members (excludes halogenated alkanes) is 1. The van der Waals surface area contributed by atoms with Gasteiger partial charge in [0.25, 0.3) is 0 Å². The van der Waals surface area contributed by atoms with Gasteiger partial charge < -0.3 is 16.8 Å². The van der Waals surface area contributed by atoms with Gasteiger partial charge in [-0.15, -0.1) is 0 Å². The fraction of sp³-hybridized carbons (Fsp3) is 0.615. The molecule has 6 nitrogen and oxygen atoms in total. The summed E-state index contributed by atoms with van der Waals surface area (Å²) in [6.07, 6.45) is 4.41. The van der Waals surface area contributed by atoms with Crippen molar-refractivity contribution in [3.8, 4) is 0 Å². The molecule has 1 heterocycles. The van der Waals surface area contributed by atoms with Crippen molar-refractivity contribution in [3.63, 3.8) is 0 Å². The lowest BCUT2D eigenvalue weighted by molar-refractivity contribution is -0.118. The number of nitrogens with zero attached hydrogens (tertiary/aromatic N) is 2. The molecular weight excluding hydrogens is 242 g/mol. The lowest BCUT2D eigenvalue weighted by Crippen LogP contribution is -2.12. The van der Waals surface area contributed by atoms with Gasteiger partial charge in [-0.25, -0.2) is 9.97 Å². The van der Waals surface area contributed by atoms with Gasteiger partial charge in [0.2, 0.25) is 5.91 Å². The Morgan fingerprint density at radius 2 is 2.11 bits per heavy atom. The van der Waals surface area contributed by atoms with Crippen molar-refractivity contribution in [3.05, 3.63) is 11.4 Å². The van der Waals surface area contributed by atoms with E-state index in [-0.39, 0.29) is 5.91 Å². The summed E-state index contributed by atoms with van der Waals surface area (Å²) in [5.41, 5.74) is 11.9. The van der Waals surface area contributed by atoms with Gasteiger partial charge in [-0.05, 0) is 32.6 Å². The van der Waals surface area contributed by atoms with Crippen LogP contribution in [0.4, 0.5) is 11.6 Å². The Balaban J connectivity index is 1.89. The molecule has 1 saturated carbocycles. The molecule has 1 aromatic heterocycles. The molecule has 104 valence electrons. The third-order valence-corrected chi connectivity index (χ3v) is 3.29. The third kappa shape index (κ3) is 3.81. The Hall–Kier alpha value is -1.85. The average molecular weight is 263 g/mol. The van der Waals surface area contributed by atoms with Crippen LogP contribution in [0.15, 0.2) is 0 Å². The lowest BCUT2D eigenvalue weighted by Gasteiger charge is -2.11. The summed E-state index contributed by atoms with van der Waals surface area (Å²) < 4.78 is 0. The van der Waals surface area contributed by atoms with E-state index in [1.165, 1.54) is 0 Å². The summed E-state index contributed by atoms with van der Waals surface area (Å²) >= 11 is 0. The van der Waals surface area contributed by atoms with Crippen LogP contribution in [0, 0.1) is 6.92 Å². The number of nitrogens with one attached hydrogen (secondary N) is 1. The van der Waals surface area contributed by atoms with E-state index in [2.05, 4.69) is 15.3 Å². The largest absolute Gasteiger partial charge is 0.383 e. The van der Waals surface area contributed by atoms with Crippen LogP contribution in [0.3, 0.4) is 0 Å². The predicted molar refractivity (Wildman–Crippen MR) is 74.7 cm³/mol. The molecule has 0 aliphatic heterocycles. The molecule has 1 aliphatic rings. The zero-order chi connectivity index (χ0) is 13.8. The van der Waals surface area contributed by atoms with Gasteiger partial charge in [0, 0.05) is 24.4 Å². The summed E-state index contributed by atoms with van der Waals surface area (Å²) in [6, 6.07) is 0. The maximum Gasteiger partial charge on any atom is 0.217 e. The van der Waals surface area contributed by atoms with Gasteiger partial charge in [-0.1, -0.05) is 0 Å². The molecule has 0 radical (unpaired) electrons. The first-order valence-corrected chi connectivity index (χ1v) is 6.74. The second-order valence-corrected chi connectivity index (χ2v) is 5.07. The topological polar surface area (TPSA) is 107 Å². The Morgan fingerprint density at radius 3 is 2.74 bits per heavy atom. The number of rotatable bonds is 7. The van der Waals surface area contributed by atoms with Crippen LogP contribution in [0.25, 0.3) is 0 Å². The van der Waals surface area contributed by atoms with Gasteiger partial charge in [-0.3, -0.25) is 4.79 Å². The van der Waals surface area contributed by atoms with Gasteiger partial charge >= 0.3 is 0 Å². The minimum Gasteiger partial charge on any atom is -0.383 e. The van der Waals surface area contributed by atoms with Crippen molar-refractivity contribution in [2.75, 3.05) is 17.6 Å². The normalized spacial score (nSPS) is 14.4. The molecular formula is C13H21N5O. The Morgan fingerprint density at radius 1 is 1.37 bits per heavy atom. The molecule has 19 heavy (non-hydrogen) atoms. The second-order valence-electron chi connectivity index (χ2n) is 5.07. The number of nitrogen functional groups attached to an aromatic ring is 1. The van der Waals surface area contributed by atoms with E-state index in [0.29, 0.717) is 18.2 Å². The molecule has 0 atom stereocenters. The van der Waals surface area contributed by atoms with Crippen LogP contribution in [-0.2, 0) is 4.79 Å². The van der Waals surface area contributed by atoms with E-state index in [9.17, 15) is 4.79 Å². The van der Waals surface area contributed by atoms with E-state index < -0.39 is 0 Å². The van der Waals surface area contributed by atoms with Gasteiger partial charge in [-0.2, -0.15) is 0 Å². The molecule has 0 bridgehead atoms. The number of anilines is 2. The Bertz CT molecular complexity index is 470. The first-order valence-electron chi connectivity index (χ1n) is 6.74. The van der Waals surface area contributed by atoms with Crippen molar-refractivity contribution < 1.29 is 4.79 Å². The molecule has 0 spiro atoms. The summed E-state index contributed by atoms with van der Waals surface area (Å²) in [4.78, 5) is 19.5. The second kappa shape index (κ2) is 5.86. The maximum absolute atomic E-state index is 10.6. The van der Waals surface area contributed by atoms with Crippen molar-refractivity contribution in [1.82, 2.24) is 9.97 Å². The van der Waals surface area contributed by atoms with Crippen molar-refractivity contribution in [1.29, 1.82) is 0 Å². The highest BCUT2D eigenvalue weighted by Crippen LogP contribution is 2.39. The van der Waals surface area contributed by atoms with E-state index in [1.807, 2.05) is 6.92 Å². The highest BCUT2D eigenvalue weighted by Gasteiger charge is 2.27.